The molecule has 3 rings (SSSR count). The molecule has 0 aliphatic heterocycles. The van der Waals surface area contributed by atoms with Crippen molar-refractivity contribution in [2.45, 2.75) is 6.61 Å². The van der Waals surface area contributed by atoms with E-state index in [1.165, 1.54) is 36.5 Å². The number of anilines is 2. The molecular weight excluding hydrogens is 387 g/mol. The van der Waals surface area contributed by atoms with Gasteiger partial charge in [-0.15, -0.1) is 0 Å². The van der Waals surface area contributed by atoms with Gasteiger partial charge in [-0.25, -0.2) is 4.39 Å². The Bertz CT molecular complexity index is 1030. The Kier molecular flexibility index (Phi) is 6.08. The largest absolute Gasteiger partial charge is 0.435 e. The van der Waals surface area contributed by atoms with Crippen LogP contribution in [0.4, 0.5) is 24.5 Å². The second-order valence-electron chi connectivity index (χ2n) is 5.72. The van der Waals surface area contributed by atoms with E-state index in [1.54, 1.807) is 12.1 Å². The number of halogens is 3. The van der Waals surface area contributed by atoms with Crippen LogP contribution in [-0.2, 0) is 0 Å². The molecule has 2 aromatic carbocycles. The summed E-state index contributed by atoms with van der Waals surface area (Å²) < 4.78 is 42.6. The average Bonchev–Trinajstić information content (AvgIpc) is 2.70. The van der Waals surface area contributed by atoms with Gasteiger partial charge in [-0.3, -0.25) is 14.6 Å². The highest BCUT2D eigenvalue weighted by Crippen LogP contribution is 2.25. The topological polar surface area (TPSA) is 80.3 Å². The molecular formula is C20H14F3N3O3. The van der Waals surface area contributed by atoms with Crippen LogP contribution in [0.5, 0.6) is 5.75 Å². The fraction of sp³-hybridized carbons (Fsp3) is 0.0500. The third kappa shape index (κ3) is 5.32. The van der Waals surface area contributed by atoms with Crippen LogP contribution in [0.3, 0.4) is 0 Å². The molecule has 148 valence electrons. The van der Waals surface area contributed by atoms with E-state index in [2.05, 4.69) is 20.4 Å². The van der Waals surface area contributed by atoms with Crippen LogP contribution in [0.2, 0.25) is 0 Å². The highest BCUT2D eigenvalue weighted by Gasteiger charge is 2.15. The van der Waals surface area contributed by atoms with Crippen molar-refractivity contribution in [1.82, 2.24) is 4.98 Å². The van der Waals surface area contributed by atoms with Crippen LogP contribution in [0, 0.1) is 5.82 Å². The number of carbonyl (C=O) groups is 2. The predicted octanol–water partition coefficient (Wildman–Crippen LogP) is 4.33. The highest BCUT2D eigenvalue weighted by molar-refractivity contribution is 6.09. The van der Waals surface area contributed by atoms with Gasteiger partial charge in [0, 0.05) is 11.8 Å². The van der Waals surface area contributed by atoms with Crippen LogP contribution in [0.15, 0.2) is 66.9 Å². The van der Waals surface area contributed by atoms with Gasteiger partial charge in [0.25, 0.3) is 11.8 Å². The zero-order valence-electron chi connectivity index (χ0n) is 14.7. The number of aromatic nitrogens is 1. The number of benzene rings is 2. The highest BCUT2D eigenvalue weighted by atomic mass is 19.3. The van der Waals surface area contributed by atoms with Crippen molar-refractivity contribution < 1.29 is 27.5 Å². The number of amides is 2. The number of hydrogen-bond acceptors (Lipinski definition) is 4. The first-order valence-corrected chi connectivity index (χ1v) is 8.30. The fourth-order valence-electron chi connectivity index (χ4n) is 2.42. The lowest BCUT2D eigenvalue weighted by Crippen LogP contribution is -2.17. The number of nitrogens with one attached hydrogen (secondary N) is 2. The molecule has 0 spiro atoms. The number of rotatable bonds is 6. The fourth-order valence-corrected chi connectivity index (χ4v) is 2.42. The molecule has 2 amide bonds. The summed E-state index contributed by atoms with van der Waals surface area (Å²) in [6.07, 6.45) is 1.44. The van der Waals surface area contributed by atoms with Gasteiger partial charge in [0.05, 0.1) is 11.4 Å². The summed E-state index contributed by atoms with van der Waals surface area (Å²) in [4.78, 5) is 28.7. The zero-order chi connectivity index (χ0) is 20.8. The number of hydrogen-bond donors (Lipinski definition) is 2. The Morgan fingerprint density at radius 2 is 1.69 bits per heavy atom. The first-order chi connectivity index (χ1) is 13.9. The number of alkyl halides is 2. The van der Waals surface area contributed by atoms with Gasteiger partial charge < -0.3 is 15.4 Å². The normalized spacial score (nSPS) is 10.5. The molecule has 29 heavy (non-hydrogen) atoms. The predicted molar refractivity (Wildman–Crippen MR) is 99.6 cm³/mol. The van der Waals surface area contributed by atoms with E-state index in [9.17, 15) is 22.8 Å². The lowest BCUT2D eigenvalue weighted by atomic mass is 10.2. The van der Waals surface area contributed by atoms with E-state index in [4.69, 9.17) is 0 Å². The average molecular weight is 401 g/mol. The molecule has 0 atom stereocenters. The van der Waals surface area contributed by atoms with Gasteiger partial charge in [-0.2, -0.15) is 8.78 Å². The number of nitrogens with zero attached hydrogens (tertiary/aromatic N) is 1. The van der Waals surface area contributed by atoms with Gasteiger partial charge in [0.15, 0.2) is 0 Å². The molecule has 6 nitrogen and oxygen atoms in total. The number of pyridine rings is 1. The first-order valence-electron chi connectivity index (χ1n) is 8.30. The zero-order valence-corrected chi connectivity index (χ0v) is 14.7. The molecule has 0 aliphatic rings. The third-order valence-corrected chi connectivity index (χ3v) is 3.70. The lowest BCUT2D eigenvalue weighted by molar-refractivity contribution is -0.0498. The minimum atomic E-state index is -3.04. The Morgan fingerprint density at radius 3 is 2.41 bits per heavy atom. The van der Waals surface area contributed by atoms with E-state index < -0.39 is 24.2 Å². The second kappa shape index (κ2) is 8.87. The van der Waals surface area contributed by atoms with Gasteiger partial charge in [0.2, 0.25) is 0 Å². The molecule has 1 heterocycles. The summed E-state index contributed by atoms with van der Waals surface area (Å²) in [6, 6.07) is 13.3. The van der Waals surface area contributed by atoms with Crippen molar-refractivity contribution in [2.75, 3.05) is 10.6 Å². The van der Waals surface area contributed by atoms with Crippen LogP contribution in [0.25, 0.3) is 0 Å². The Morgan fingerprint density at radius 1 is 0.897 bits per heavy atom. The quantitative estimate of drug-likeness (QED) is 0.645. The molecule has 0 unspecified atom stereocenters. The summed E-state index contributed by atoms with van der Waals surface area (Å²) in [6.45, 7) is -3.04. The minimum absolute atomic E-state index is 0.00872. The molecule has 0 bridgehead atoms. The van der Waals surface area contributed by atoms with Crippen LogP contribution < -0.4 is 15.4 Å². The van der Waals surface area contributed by atoms with Crippen molar-refractivity contribution in [2.24, 2.45) is 0 Å². The van der Waals surface area contributed by atoms with Gasteiger partial charge in [0.1, 0.15) is 17.3 Å². The second-order valence-corrected chi connectivity index (χ2v) is 5.72. The van der Waals surface area contributed by atoms with Crippen molar-refractivity contribution in [3.05, 3.63) is 83.9 Å². The van der Waals surface area contributed by atoms with Gasteiger partial charge in [-0.05, 0) is 48.5 Å². The smallest absolute Gasteiger partial charge is 0.387 e. The van der Waals surface area contributed by atoms with Crippen LogP contribution >= 0.6 is 0 Å². The maximum atomic E-state index is 13.7. The van der Waals surface area contributed by atoms with Gasteiger partial charge in [-0.1, -0.05) is 12.1 Å². The lowest BCUT2D eigenvalue weighted by Gasteiger charge is -2.13. The first kappa shape index (κ1) is 19.9. The monoisotopic (exact) mass is 401 g/mol. The van der Waals surface area contributed by atoms with Crippen LogP contribution in [0.1, 0.15) is 20.8 Å². The summed E-state index contributed by atoms with van der Waals surface area (Å²) in [5.74, 6) is -2.11. The summed E-state index contributed by atoms with van der Waals surface area (Å²) in [7, 11) is 0. The molecule has 0 saturated carbocycles. The Hall–Kier alpha value is -3.88. The van der Waals surface area contributed by atoms with Crippen molar-refractivity contribution in [3.63, 3.8) is 0 Å². The number of ether oxygens (including phenoxy) is 1. The van der Waals surface area contributed by atoms with Crippen molar-refractivity contribution in [1.29, 1.82) is 0 Å². The van der Waals surface area contributed by atoms with Crippen molar-refractivity contribution in [3.8, 4) is 5.75 Å². The Labute approximate surface area is 163 Å². The maximum Gasteiger partial charge on any atom is 0.387 e. The molecule has 9 heteroatoms. The molecule has 0 radical (unpaired) electrons. The summed E-state index contributed by atoms with van der Waals surface area (Å²) >= 11 is 0. The number of carbonyl (C=O) groups excluding carboxylic acids is 2. The summed E-state index contributed by atoms with van der Waals surface area (Å²) in [5.41, 5.74) is 0.259. The van der Waals surface area contributed by atoms with E-state index in [-0.39, 0.29) is 28.4 Å². The SMILES string of the molecule is O=C(Nc1cc(F)ccc1NC(=O)c1ccccn1)c1cccc(OC(F)F)c1. The molecule has 0 fully saturated rings. The van der Waals surface area contributed by atoms with Crippen LogP contribution in [-0.4, -0.2) is 23.4 Å². The third-order valence-electron chi connectivity index (χ3n) is 3.70. The maximum absolute atomic E-state index is 13.7. The van der Waals surface area contributed by atoms with Gasteiger partial charge >= 0.3 is 6.61 Å². The summed E-state index contributed by atoms with van der Waals surface area (Å²) in [5, 5.41) is 4.99. The van der Waals surface area contributed by atoms with Crippen molar-refractivity contribution >= 4 is 23.2 Å². The van der Waals surface area contributed by atoms with E-state index in [1.807, 2.05) is 0 Å². The molecule has 3 aromatic rings. The van der Waals surface area contributed by atoms with E-state index in [0.29, 0.717) is 0 Å². The standard InChI is InChI=1S/C20H14F3N3O3/c21-13-7-8-15(25-19(28)16-6-1-2-9-24-16)17(11-13)26-18(27)12-4-3-5-14(10-12)29-20(22)23/h1-11,20H,(H,25,28)(H,26,27). The molecule has 0 saturated heterocycles. The molecule has 2 N–H and O–H groups in total. The molecule has 0 aliphatic carbocycles. The van der Waals surface area contributed by atoms with E-state index >= 15 is 0 Å². The van der Waals surface area contributed by atoms with E-state index in [0.717, 1.165) is 18.2 Å². The molecule has 1 aromatic heterocycles. The Balaban J connectivity index is 1.81. The minimum Gasteiger partial charge on any atom is -0.435 e.